The average Bonchev–Trinajstić information content (AvgIpc) is 2.54. The van der Waals surface area contributed by atoms with Crippen LogP contribution >= 0.6 is 11.6 Å². The Hall–Kier alpha value is -2.00. The largest absolute Gasteiger partial charge is 0.487 e. The van der Waals surface area contributed by atoms with Gasteiger partial charge in [0.15, 0.2) is 0 Å². The fraction of sp³-hybridized carbons (Fsp3) is 0.278. The highest BCUT2D eigenvalue weighted by Gasteiger charge is 2.08. The van der Waals surface area contributed by atoms with Crippen molar-refractivity contribution in [2.45, 2.75) is 32.9 Å². The van der Waals surface area contributed by atoms with Gasteiger partial charge in [-0.15, -0.1) is 0 Å². The number of hydrogen-bond donors (Lipinski definition) is 1. The zero-order valence-electron chi connectivity index (χ0n) is 12.8. The zero-order chi connectivity index (χ0) is 15.9. The number of ether oxygens (including phenoxy) is 1. The van der Waals surface area contributed by atoms with Crippen LogP contribution in [0, 0.1) is 0 Å². The van der Waals surface area contributed by atoms with Gasteiger partial charge in [0, 0.05) is 11.6 Å². The third-order valence-electron chi connectivity index (χ3n) is 3.44. The van der Waals surface area contributed by atoms with E-state index >= 15 is 0 Å². The second kappa shape index (κ2) is 7.85. The molecule has 0 unspecified atom stereocenters. The Morgan fingerprint density at radius 2 is 1.86 bits per heavy atom. The lowest BCUT2D eigenvalue weighted by molar-refractivity contribution is 0.0939. The normalized spacial score (nSPS) is 11.8. The standard InChI is InChI=1S/C18H20ClNO2/c1-3-13(2)20-18(21)15-10-8-14(9-11-15)12-22-17-7-5-4-6-16(17)19/h4-11,13H,3,12H2,1-2H3,(H,20,21)/t13-/m0/s1. The second-order valence-electron chi connectivity index (χ2n) is 5.20. The van der Waals surface area contributed by atoms with Crippen molar-refractivity contribution in [2.75, 3.05) is 0 Å². The number of para-hydroxylation sites is 1. The van der Waals surface area contributed by atoms with E-state index in [2.05, 4.69) is 5.32 Å². The SMILES string of the molecule is CC[C@H](C)NC(=O)c1ccc(COc2ccccc2Cl)cc1. The van der Waals surface area contributed by atoms with Gasteiger partial charge in [-0.05, 0) is 43.2 Å². The number of halogens is 1. The minimum Gasteiger partial charge on any atom is -0.487 e. The van der Waals surface area contributed by atoms with Crippen LogP contribution in [0.3, 0.4) is 0 Å². The van der Waals surface area contributed by atoms with Gasteiger partial charge >= 0.3 is 0 Å². The quantitative estimate of drug-likeness (QED) is 0.855. The Bertz CT molecular complexity index is 625. The summed E-state index contributed by atoms with van der Waals surface area (Å²) in [6.45, 7) is 4.45. The van der Waals surface area contributed by atoms with Crippen molar-refractivity contribution in [3.8, 4) is 5.75 Å². The van der Waals surface area contributed by atoms with Gasteiger partial charge in [0.05, 0.1) is 5.02 Å². The summed E-state index contributed by atoms with van der Waals surface area (Å²) in [5.41, 5.74) is 1.64. The number of carbonyl (C=O) groups is 1. The van der Waals surface area contributed by atoms with E-state index in [0.29, 0.717) is 22.9 Å². The molecule has 1 atom stereocenters. The van der Waals surface area contributed by atoms with E-state index in [1.165, 1.54) is 0 Å². The maximum Gasteiger partial charge on any atom is 0.251 e. The molecule has 0 aliphatic heterocycles. The number of hydrogen-bond acceptors (Lipinski definition) is 2. The van der Waals surface area contributed by atoms with Gasteiger partial charge in [-0.25, -0.2) is 0 Å². The van der Waals surface area contributed by atoms with Crippen molar-refractivity contribution < 1.29 is 9.53 Å². The highest BCUT2D eigenvalue weighted by molar-refractivity contribution is 6.32. The fourth-order valence-corrected chi connectivity index (χ4v) is 2.07. The summed E-state index contributed by atoms with van der Waals surface area (Å²) in [4.78, 5) is 12.0. The van der Waals surface area contributed by atoms with Crippen molar-refractivity contribution in [2.24, 2.45) is 0 Å². The molecule has 0 heterocycles. The lowest BCUT2D eigenvalue weighted by atomic mass is 10.1. The van der Waals surface area contributed by atoms with Crippen LogP contribution in [-0.4, -0.2) is 11.9 Å². The monoisotopic (exact) mass is 317 g/mol. The van der Waals surface area contributed by atoms with Crippen LogP contribution in [0.1, 0.15) is 36.2 Å². The molecule has 2 aromatic rings. The molecule has 0 radical (unpaired) electrons. The molecule has 0 saturated carbocycles. The van der Waals surface area contributed by atoms with Gasteiger partial charge in [-0.2, -0.15) is 0 Å². The predicted molar refractivity (Wildman–Crippen MR) is 89.4 cm³/mol. The summed E-state index contributed by atoms with van der Waals surface area (Å²) in [6.07, 6.45) is 0.912. The first-order chi connectivity index (χ1) is 10.6. The Balaban J connectivity index is 1.95. The molecule has 0 spiro atoms. The average molecular weight is 318 g/mol. The Kier molecular flexibility index (Phi) is 5.84. The molecular formula is C18H20ClNO2. The molecule has 22 heavy (non-hydrogen) atoms. The lowest BCUT2D eigenvalue weighted by Gasteiger charge is -2.12. The van der Waals surface area contributed by atoms with Gasteiger partial charge in [-0.1, -0.05) is 42.8 Å². The Morgan fingerprint density at radius 1 is 1.18 bits per heavy atom. The first-order valence-electron chi connectivity index (χ1n) is 7.37. The molecule has 0 saturated heterocycles. The molecule has 2 aromatic carbocycles. The van der Waals surface area contributed by atoms with Crippen LogP contribution in [0.2, 0.25) is 5.02 Å². The molecule has 0 aromatic heterocycles. The topological polar surface area (TPSA) is 38.3 Å². The third kappa shape index (κ3) is 4.50. The Labute approximate surface area is 136 Å². The van der Waals surface area contributed by atoms with E-state index in [1.807, 2.05) is 56.3 Å². The van der Waals surface area contributed by atoms with E-state index in [0.717, 1.165) is 12.0 Å². The first-order valence-corrected chi connectivity index (χ1v) is 7.75. The van der Waals surface area contributed by atoms with Crippen molar-refractivity contribution >= 4 is 17.5 Å². The predicted octanol–water partition coefficient (Wildman–Crippen LogP) is 4.45. The number of nitrogens with one attached hydrogen (secondary N) is 1. The van der Waals surface area contributed by atoms with E-state index in [1.54, 1.807) is 6.07 Å². The molecule has 0 aliphatic rings. The number of benzene rings is 2. The summed E-state index contributed by atoms with van der Waals surface area (Å²) in [5, 5.41) is 3.53. The molecular weight excluding hydrogens is 298 g/mol. The highest BCUT2D eigenvalue weighted by Crippen LogP contribution is 2.24. The van der Waals surface area contributed by atoms with Gasteiger partial charge < -0.3 is 10.1 Å². The molecule has 3 nitrogen and oxygen atoms in total. The summed E-state index contributed by atoms with van der Waals surface area (Å²) in [5.74, 6) is 0.607. The molecule has 2 rings (SSSR count). The highest BCUT2D eigenvalue weighted by atomic mass is 35.5. The molecule has 0 aliphatic carbocycles. The fourth-order valence-electron chi connectivity index (χ4n) is 1.88. The first kappa shape index (κ1) is 16.4. The van der Waals surface area contributed by atoms with Crippen molar-refractivity contribution in [3.05, 3.63) is 64.7 Å². The molecule has 1 amide bonds. The van der Waals surface area contributed by atoms with Crippen molar-refractivity contribution in [1.82, 2.24) is 5.32 Å². The summed E-state index contributed by atoms with van der Waals surface area (Å²) in [7, 11) is 0. The number of carbonyl (C=O) groups excluding carboxylic acids is 1. The molecule has 0 bridgehead atoms. The maximum absolute atomic E-state index is 12.0. The van der Waals surface area contributed by atoms with E-state index in [4.69, 9.17) is 16.3 Å². The summed E-state index contributed by atoms with van der Waals surface area (Å²) < 4.78 is 5.67. The third-order valence-corrected chi connectivity index (χ3v) is 3.75. The maximum atomic E-state index is 12.0. The minimum absolute atomic E-state index is 0.0482. The Morgan fingerprint density at radius 3 is 2.50 bits per heavy atom. The summed E-state index contributed by atoms with van der Waals surface area (Å²) in [6, 6.07) is 14.9. The minimum atomic E-state index is -0.0482. The van der Waals surface area contributed by atoms with E-state index < -0.39 is 0 Å². The van der Waals surface area contributed by atoms with E-state index in [9.17, 15) is 4.79 Å². The lowest BCUT2D eigenvalue weighted by Crippen LogP contribution is -2.31. The van der Waals surface area contributed by atoms with Gasteiger partial charge in [0.2, 0.25) is 0 Å². The van der Waals surface area contributed by atoms with Gasteiger partial charge in [0.1, 0.15) is 12.4 Å². The van der Waals surface area contributed by atoms with Gasteiger partial charge in [0.25, 0.3) is 5.91 Å². The molecule has 1 N–H and O–H groups in total. The van der Waals surface area contributed by atoms with Gasteiger partial charge in [-0.3, -0.25) is 4.79 Å². The molecule has 0 fully saturated rings. The van der Waals surface area contributed by atoms with Crippen LogP contribution in [0.25, 0.3) is 0 Å². The zero-order valence-corrected chi connectivity index (χ0v) is 13.6. The van der Waals surface area contributed by atoms with Crippen LogP contribution in [0.4, 0.5) is 0 Å². The number of amides is 1. The molecule has 4 heteroatoms. The van der Waals surface area contributed by atoms with Crippen LogP contribution in [0.15, 0.2) is 48.5 Å². The smallest absolute Gasteiger partial charge is 0.251 e. The second-order valence-corrected chi connectivity index (χ2v) is 5.61. The van der Waals surface area contributed by atoms with Crippen LogP contribution in [-0.2, 0) is 6.61 Å². The van der Waals surface area contributed by atoms with Crippen LogP contribution in [0.5, 0.6) is 5.75 Å². The molecule has 116 valence electrons. The van der Waals surface area contributed by atoms with Crippen LogP contribution < -0.4 is 10.1 Å². The number of rotatable bonds is 6. The van der Waals surface area contributed by atoms with E-state index in [-0.39, 0.29) is 11.9 Å². The van der Waals surface area contributed by atoms with Crippen molar-refractivity contribution in [3.63, 3.8) is 0 Å². The summed E-state index contributed by atoms with van der Waals surface area (Å²) >= 11 is 6.04. The van der Waals surface area contributed by atoms with Crippen molar-refractivity contribution in [1.29, 1.82) is 0 Å².